The third-order valence-electron chi connectivity index (χ3n) is 6.02. The average molecular weight is 494 g/mol. The smallest absolute Gasteiger partial charge is 0.240 e. The number of nitrogens with one attached hydrogen (secondary N) is 2. The van der Waals surface area contributed by atoms with Crippen LogP contribution in [-0.4, -0.2) is 40.6 Å². The van der Waals surface area contributed by atoms with E-state index in [9.17, 15) is 13.2 Å². The Kier molecular flexibility index (Phi) is 6.61. The van der Waals surface area contributed by atoms with E-state index in [1.165, 1.54) is 23.4 Å². The SMILES string of the molecule is O=C(CCNS(=O)(=O)c1ccc2c(c1)OCCCO2)Nc1ccc(N2CCc3ccccc32)cc1. The normalized spacial score (nSPS) is 14.8. The van der Waals surface area contributed by atoms with Crippen molar-refractivity contribution >= 4 is 33.0 Å². The van der Waals surface area contributed by atoms with Gasteiger partial charge < -0.3 is 19.7 Å². The van der Waals surface area contributed by atoms with Crippen molar-refractivity contribution in [1.29, 1.82) is 0 Å². The molecule has 0 saturated heterocycles. The molecule has 5 rings (SSSR count). The van der Waals surface area contributed by atoms with E-state index in [0.29, 0.717) is 30.4 Å². The van der Waals surface area contributed by atoms with Gasteiger partial charge in [-0.3, -0.25) is 4.79 Å². The largest absolute Gasteiger partial charge is 0.490 e. The molecule has 3 aromatic carbocycles. The van der Waals surface area contributed by atoms with Gasteiger partial charge in [-0.05, 0) is 54.4 Å². The number of amides is 1. The van der Waals surface area contributed by atoms with E-state index in [-0.39, 0.29) is 23.8 Å². The second-order valence-corrected chi connectivity index (χ2v) is 10.2. The molecule has 0 aliphatic carbocycles. The third kappa shape index (κ3) is 5.26. The second-order valence-electron chi connectivity index (χ2n) is 8.43. The monoisotopic (exact) mass is 493 g/mol. The lowest BCUT2D eigenvalue weighted by Gasteiger charge is -2.20. The fourth-order valence-corrected chi connectivity index (χ4v) is 5.29. The molecule has 0 radical (unpaired) electrons. The average Bonchev–Trinajstić information content (AvgIpc) is 3.14. The summed E-state index contributed by atoms with van der Waals surface area (Å²) in [5.74, 6) is 0.662. The molecule has 2 N–H and O–H groups in total. The molecule has 0 aromatic heterocycles. The van der Waals surface area contributed by atoms with Gasteiger partial charge in [0.15, 0.2) is 11.5 Å². The van der Waals surface area contributed by atoms with E-state index < -0.39 is 10.0 Å². The van der Waals surface area contributed by atoms with Gasteiger partial charge in [0.2, 0.25) is 15.9 Å². The predicted octanol–water partition coefficient (Wildman–Crippen LogP) is 3.85. The number of nitrogens with zero attached hydrogens (tertiary/aromatic N) is 1. The highest BCUT2D eigenvalue weighted by Crippen LogP contribution is 2.35. The summed E-state index contributed by atoms with van der Waals surface area (Å²) < 4.78 is 38.9. The standard InChI is InChI=1S/C26H27N3O5S/c30-26(12-14-27-35(31,32)22-10-11-24-25(18-22)34-17-3-16-33-24)28-20-6-8-21(9-7-20)29-15-13-19-4-1-2-5-23(19)29/h1-2,4-11,18,27H,3,12-17H2,(H,28,30). The van der Waals surface area contributed by atoms with Gasteiger partial charge in [-0.25, -0.2) is 13.1 Å². The zero-order valence-electron chi connectivity index (χ0n) is 19.2. The van der Waals surface area contributed by atoms with Crippen LogP contribution in [0.25, 0.3) is 0 Å². The minimum Gasteiger partial charge on any atom is -0.490 e. The molecule has 35 heavy (non-hydrogen) atoms. The number of benzene rings is 3. The van der Waals surface area contributed by atoms with Crippen LogP contribution in [0.15, 0.2) is 71.6 Å². The summed E-state index contributed by atoms with van der Waals surface area (Å²) >= 11 is 0. The summed E-state index contributed by atoms with van der Waals surface area (Å²) in [7, 11) is -3.78. The number of hydrogen-bond donors (Lipinski definition) is 2. The van der Waals surface area contributed by atoms with Crippen molar-refractivity contribution in [2.45, 2.75) is 24.2 Å². The van der Waals surface area contributed by atoms with Gasteiger partial charge in [0.25, 0.3) is 0 Å². The van der Waals surface area contributed by atoms with Crippen molar-refractivity contribution in [3.05, 3.63) is 72.3 Å². The molecule has 0 bridgehead atoms. The number of hydrogen-bond acceptors (Lipinski definition) is 6. The first-order chi connectivity index (χ1) is 17.0. The van der Waals surface area contributed by atoms with Crippen molar-refractivity contribution in [3.63, 3.8) is 0 Å². The van der Waals surface area contributed by atoms with Crippen molar-refractivity contribution in [3.8, 4) is 11.5 Å². The maximum absolute atomic E-state index is 12.7. The Morgan fingerprint density at radius 3 is 2.54 bits per heavy atom. The molecule has 2 aliphatic heterocycles. The van der Waals surface area contributed by atoms with Crippen LogP contribution in [0.5, 0.6) is 11.5 Å². The lowest BCUT2D eigenvalue weighted by molar-refractivity contribution is -0.116. The number of fused-ring (bicyclic) bond motifs is 2. The molecule has 9 heteroatoms. The van der Waals surface area contributed by atoms with Crippen LogP contribution >= 0.6 is 0 Å². The Hall–Kier alpha value is -3.56. The molecule has 0 spiro atoms. The predicted molar refractivity (Wildman–Crippen MR) is 134 cm³/mol. The lowest BCUT2D eigenvalue weighted by atomic mass is 10.2. The summed E-state index contributed by atoms with van der Waals surface area (Å²) in [4.78, 5) is 14.7. The minimum absolute atomic E-state index is 0.00499. The highest BCUT2D eigenvalue weighted by atomic mass is 32.2. The highest BCUT2D eigenvalue weighted by molar-refractivity contribution is 7.89. The fraction of sp³-hybridized carbons (Fsp3) is 0.269. The topological polar surface area (TPSA) is 97.0 Å². The van der Waals surface area contributed by atoms with Crippen LogP contribution in [-0.2, 0) is 21.2 Å². The molecule has 2 aliphatic rings. The van der Waals surface area contributed by atoms with Crippen molar-refractivity contribution in [2.24, 2.45) is 0 Å². The van der Waals surface area contributed by atoms with Gasteiger partial charge in [0, 0.05) is 49.1 Å². The van der Waals surface area contributed by atoms with E-state index in [2.05, 4.69) is 33.1 Å². The van der Waals surface area contributed by atoms with Gasteiger partial charge in [0.05, 0.1) is 18.1 Å². The summed E-state index contributed by atoms with van der Waals surface area (Å²) in [6, 6.07) is 20.5. The van der Waals surface area contributed by atoms with Gasteiger partial charge in [-0.1, -0.05) is 18.2 Å². The Morgan fingerprint density at radius 1 is 0.943 bits per heavy atom. The number of para-hydroxylation sites is 1. The molecular formula is C26H27N3O5S. The number of carbonyl (C=O) groups excluding carboxylic acids is 1. The Bertz CT molecular complexity index is 1330. The summed E-state index contributed by atoms with van der Waals surface area (Å²) in [6.07, 6.45) is 1.75. The van der Waals surface area contributed by atoms with Gasteiger partial charge in [-0.15, -0.1) is 0 Å². The van der Waals surface area contributed by atoms with Crippen LogP contribution in [0.1, 0.15) is 18.4 Å². The first-order valence-corrected chi connectivity index (χ1v) is 13.1. The molecular weight excluding hydrogens is 466 g/mol. The number of anilines is 3. The third-order valence-corrected chi connectivity index (χ3v) is 7.48. The molecule has 2 heterocycles. The fourth-order valence-electron chi connectivity index (χ4n) is 4.25. The second kappa shape index (κ2) is 9.97. The lowest BCUT2D eigenvalue weighted by Crippen LogP contribution is -2.27. The highest BCUT2D eigenvalue weighted by Gasteiger charge is 2.20. The van der Waals surface area contributed by atoms with E-state index in [1.54, 1.807) is 6.07 Å². The van der Waals surface area contributed by atoms with Gasteiger partial charge in [0.1, 0.15) is 0 Å². The number of carbonyl (C=O) groups is 1. The first kappa shape index (κ1) is 23.2. The van der Waals surface area contributed by atoms with Crippen molar-refractivity contribution < 1.29 is 22.7 Å². The first-order valence-electron chi connectivity index (χ1n) is 11.6. The van der Waals surface area contributed by atoms with Crippen LogP contribution in [0.2, 0.25) is 0 Å². The van der Waals surface area contributed by atoms with Gasteiger partial charge >= 0.3 is 0 Å². The Labute approximate surface area is 204 Å². The van der Waals surface area contributed by atoms with E-state index in [4.69, 9.17) is 9.47 Å². The zero-order valence-corrected chi connectivity index (χ0v) is 20.0. The van der Waals surface area contributed by atoms with Gasteiger partial charge in [-0.2, -0.15) is 0 Å². The van der Waals surface area contributed by atoms with E-state index in [0.717, 1.165) is 25.1 Å². The zero-order chi connectivity index (χ0) is 24.3. The van der Waals surface area contributed by atoms with Crippen LogP contribution in [0, 0.1) is 0 Å². The summed E-state index contributed by atoms with van der Waals surface area (Å²) in [5, 5.41) is 2.82. The molecule has 182 valence electrons. The molecule has 0 unspecified atom stereocenters. The Balaban J connectivity index is 1.14. The van der Waals surface area contributed by atoms with E-state index >= 15 is 0 Å². The van der Waals surface area contributed by atoms with E-state index in [1.807, 2.05) is 30.3 Å². The summed E-state index contributed by atoms with van der Waals surface area (Å²) in [5.41, 5.74) is 4.28. The van der Waals surface area contributed by atoms with Crippen LogP contribution < -0.4 is 24.4 Å². The van der Waals surface area contributed by atoms with Crippen LogP contribution in [0.3, 0.4) is 0 Å². The number of sulfonamides is 1. The van der Waals surface area contributed by atoms with Crippen molar-refractivity contribution in [2.75, 3.05) is 36.5 Å². The number of rotatable bonds is 7. The maximum Gasteiger partial charge on any atom is 0.240 e. The quantitative estimate of drug-likeness (QED) is 0.519. The summed E-state index contributed by atoms with van der Waals surface area (Å²) in [6.45, 7) is 1.90. The maximum atomic E-state index is 12.7. The molecule has 0 atom stereocenters. The Morgan fingerprint density at radius 2 is 1.71 bits per heavy atom. The molecule has 3 aromatic rings. The van der Waals surface area contributed by atoms with Crippen molar-refractivity contribution in [1.82, 2.24) is 4.72 Å². The molecule has 0 fully saturated rings. The van der Waals surface area contributed by atoms with Crippen LogP contribution in [0.4, 0.5) is 17.1 Å². The molecule has 1 amide bonds. The number of ether oxygens (including phenoxy) is 2. The molecule has 0 saturated carbocycles. The molecule has 8 nitrogen and oxygen atoms in total. The minimum atomic E-state index is -3.78.